The predicted octanol–water partition coefficient (Wildman–Crippen LogP) is 5.62. The van der Waals surface area contributed by atoms with E-state index in [0.717, 1.165) is 0 Å². The van der Waals surface area contributed by atoms with Crippen molar-refractivity contribution in [1.29, 1.82) is 0 Å². The molecular weight excluding hydrogens is 254 g/mol. The van der Waals surface area contributed by atoms with Crippen LogP contribution in [0.5, 0.6) is 0 Å². The highest BCUT2D eigenvalue weighted by atomic mass is 14.9. The van der Waals surface area contributed by atoms with Gasteiger partial charge in [0.05, 0.1) is 5.52 Å². The van der Waals surface area contributed by atoms with Gasteiger partial charge in [-0.05, 0) is 55.2 Å². The fraction of sp³-hybridized carbons (Fsp3) is 0.300. The first-order chi connectivity index (χ1) is 9.97. The third-order valence-corrected chi connectivity index (χ3v) is 4.08. The molecule has 3 aromatic rings. The van der Waals surface area contributed by atoms with Crippen LogP contribution < -0.4 is 0 Å². The van der Waals surface area contributed by atoms with Gasteiger partial charge in [-0.3, -0.25) is 0 Å². The lowest BCUT2D eigenvalue weighted by atomic mass is 10.0. The second-order valence-electron chi connectivity index (χ2n) is 6.43. The normalized spacial score (nSPS) is 12.3. The monoisotopic (exact) mass is 277 g/mol. The summed E-state index contributed by atoms with van der Waals surface area (Å²) in [6.45, 7) is 8.77. The Balaban J connectivity index is 2.42. The zero-order chi connectivity index (χ0) is 15.1. The molecule has 0 amide bonds. The Labute approximate surface area is 126 Å². The number of hydrogen-bond acceptors (Lipinski definition) is 0. The summed E-state index contributed by atoms with van der Waals surface area (Å²) in [6.07, 6.45) is 4.54. The summed E-state index contributed by atoms with van der Waals surface area (Å²) in [5.74, 6) is 0.567. The second kappa shape index (κ2) is 5.07. The number of benzene rings is 2. The Hall–Kier alpha value is -2.02. The molecule has 0 saturated heterocycles. The molecule has 21 heavy (non-hydrogen) atoms. The van der Waals surface area contributed by atoms with Crippen LogP contribution in [-0.4, -0.2) is 4.57 Å². The molecule has 0 bridgehead atoms. The zero-order valence-electron chi connectivity index (χ0n) is 13.6. The van der Waals surface area contributed by atoms with Crippen molar-refractivity contribution < 1.29 is 0 Å². The molecule has 2 aromatic carbocycles. The fourth-order valence-corrected chi connectivity index (χ4v) is 3.09. The van der Waals surface area contributed by atoms with Gasteiger partial charge in [0.1, 0.15) is 0 Å². The Morgan fingerprint density at radius 3 is 2.38 bits per heavy atom. The summed E-state index contributed by atoms with van der Waals surface area (Å²) >= 11 is 0. The Morgan fingerprint density at radius 1 is 0.952 bits per heavy atom. The summed E-state index contributed by atoms with van der Waals surface area (Å²) in [5.41, 5.74) is 6.59. The molecule has 1 aromatic heterocycles. The fourth-order valence-electron chi connectivity index (χ4n) is 3.09. The number of aryl methyl sites for hydroxylation is 3. The van der Waals surface area contributed by atoms with Gasteiger partial charge in [0, 0.05) is 23.3 Å². The van der Waals surface area contributed by atoms with E-state index in [1.165, 1.54) is 38.5 Å². The van der Waals surface area contributed by atoms with Gasteiger partial charge in [0.15, 0.2) is 0 Å². The summed E-state index contributed by atoms with van der Waals surface area (Å²) in [5, 5.41) is 2.72. The van der Waals surface area contributed by atoms with Crippen molar-refractivity contribution in [3.8, 4) is 0 Å². The van der Waals surface area contributed by atoms with E-state index in [1.54, 1.807) is 0 Å². The Morgan fingerprint density at radius 2 is 1.67 bits per heavy atom. The highest BCUT2D eigenvalue weighted by molar-refractivity contribution is 6.10. The van der Waals surface area contributed by atoms with Crippen molar-refractivity contribution >= 4 is 27.9 Å². The molecule has 3 rings (SSSR count). The van der Waals surface area contributed by atoms with Crippen molar-refractivity contribution in [1.82, 2.24) is 4.57 Å². The molecule has 0 atom stereocenters. The first kappa shape index (κ1) is 13.9. The summed E-state index contributed by atoms with van der Waals surface area (Å²) < 4.78 is 2.32. The minimum atomic E-state index is 0.567. The van der Waals surface area contributed by atoms with Gasteiger partial charge in [-0.25, -0.2) is 0 Å². The van der Waals surface area contributed by atoms with Crippen LogP contribution >= 0.6 is 0 Å². The second-order valence-corrected chi connectivity index (χ2v) is 6.43. The number of nitrogens with zero attached hydrogens (tertiary/aromatic N) is 1. The lowest BCUT2D eigenvalue weighted by molar-refractivity contribution is 0.836. The van der Waals surface area contributed by atoms with Gasteiger partial charge >= 0.3 is 0 Å². The average molecular weight is 277 g/mol. The maximum absolute atomic E-state index is 2.32. The van der Waals surface area contributed by atoms with Crippen LogP contribution in [0.1, 0.15) is 30.5 Å². The van der Waals surface area contributed by atoms with Crippen LogP contribution in [-0.2, 0) is 7.05 Å². The lowest BCUT2D eigenvalue weighted by Crippen LogP contribution is -1.90. The summed E-state index contributed by atoms with van der Waals surface area (Å²) in [4.78, 5) is 0. The van der Waals surface area contributed by atoms with E-state index >= 15 is 0 Å². The largest absolute Gasteiger partial charge is 0.343 e. The first-order valence-corrected chi connectivity index (χ1v) is 7.65. The molecule has 108 valence electrons. The molecule has 0 aliphatic carbocycles. The van der Waals surface area contributed by atoms with E-state index in [9.17, 15) is 0 Å². The summed E-state index contributed by atoms with van der Waals surface area (Å²) in [6, 6.07) is 11.3. The molecule has 1 heterocycles. The zero-order valence-corrected chi connectivity index (χ0v) is 13.6. The number of fused-ring (bicyclic) bond motifs is 3. The van der Waals surface area contributed by atoms with Crippen LogP contribution in [0.2, 0.25) is 0 Å². The molecule has 0 saturated carbocycles. The average Bonchev–Trinajstić information content (AvgIpc) is 2.69. The van der Waals surface area contributed by atoms with Gasteiger partial charge in [-0.1, -0.05) is 37.6 Å². The van der Waals surface area contributed by atoms with Crippen molar-refractivity contribution in [2.75, 3.05) is 0 Å². The minimum Gasteiger partial charge on any atom is -0.343 e. The van der Waals surface area contributed by atoms with Crippen LogP contribution in [0.4, 0.5) is 0 Å². The smallest absolute Gasteiger partial charge is 0.0562 e. The molecule has 0 aliphatic heterocycles. The molecule has 0 unspecified atom stereocenters. The van der Waals surface area contributed by atoms with Crippen molar-refractivity contribution in [3.63, 3.8) is 0 Å². The van der Waals surface area contributed by atoms with Crippen LogP contribution in [0.15, 0.2) is 36.4 Å². The number of allylic oxidation sites excluding steroid dienone is 1. The van der Waals surface area contributed by atoms with Gasteiger partial charge in [0.25, 0.3) is 0 Å². The number of rotatable bonds is 2. The molecule has 0 aliphatic rings. The SMILES string of the molecule is Cc1ccc2c(c1)c1cc(C)cc(/C=C/C(C)C)c1n2C. The van der Waals surface area contributed by atoms with E-state index in [2.05, 4.69) is 81.8 Å². The highest BCUT2D eigenvalue weighted by Gasteiger charge is 2.11. The maximum Gasteiger partial charge on any atom is 0.0562 e. The van der Waals surface area contributed by atoms with E-state index in [-0.39, 0.29) is 0 Å². The van der Waals surface area contributed by atoms with Gasteiger partial charge in [0.2, 0.25) is 0 Å². The van der Waals surface area contributed by atoms with Crippen molar-refractivity contribution in [2.24, 2.45) is 13.0 Å². The quantitative estimate of drug-likeness (QED) is 0.573. The third-order valence-electron chi connectivity index (χ3n) is 4.08. The number of hydrogen-bond donors (Lipinski definition) is 0. The van der Waals surface area contributed by atoms with Gasteiger partial charge < -0.3 is 4.57 Å². The van der Waals surface area contributed by atoms with Gasteiger partial charge in [-0.15, -0.1) is 0 Å². The molecule has 1 nitrogen and oxygen atoms in total. The first-order valence-electron chi connectivity index (χ1n) is 7.65. The molecular formula is C20H23N. The van der Waals surface area contributed by atoms with Crippen LogP contribution in [0.3, 0.4) is 0 Å². The van der Waals surface area contributed by atoms with Crippen molar-refractivity contribution in [2.45, 2.75) is 27.7 Å². The van der Waals surface area contributed by atoms with E-state index < -0.39 is 0 Å². The van der Waals surface area contributed by atoms with Crippen molar-refractivity contribution in [3.05, 3.63) is 53.1 Å². The Kier molecular flexibility index (Phi) is 3.36. The Bertz CT molecular complexity index is 847. The topological polar surface area (TPSA) is 4.93 Å². The minimum absolute atomic E-state index is 0.567. The standard InChI is InChI=1S/C20H23N/c1-13(2)6-8-16-10-15(4)12-18-17-11-14(3)7-9-19(17)21(5)20(16)18/h6-13H,1-5H3/b8-6+. The van der Waals surface area contributed by atoms with E-state index in [0.29, 0.717) is 5.92 Å². The third kappa shape index (κ3) is 2.37. The van der Waals surface area contributed by atoms with E-state index in [4.69, 9.17) is 0 Å². The van der Waals surface area contributed by atoms with Crippen LogP contribution in [0, 0.1) is 19.8 Å². The molecule has 0 spiro atoms. The summed E-state index contributed by atoms with van der Waals surface area (Å²) in [7, 11) is 2.17. The predicted molar refractivity (Wildman–Crippen MR) is 93.8 cm³/mol. The highest BCUT2D eigenvalue weighted by Crippen LogP contribution is 2.32. The van der Waals surface area contributed by atoms with E-state index in [1.807, 2.05) is 0 Å². The molecule has 0 radical (unpaired) electrons. The molecule has 0 fully saturated rings. The van der Waals surface area contributed by atoms with Gasteiger partial charge in [-0.2, -0.15) is 0 Å². The maximum atomic E-state index is 2.32. The number of aromatic nitrogens is 1. The molecule has 1 heteroatoms. The molecule has 0 N–H and O–H groups in total. The lowest BCUT2D eigenvalue weighted by Gasteiger charge is -2.05. The van der Waals surface area contributed by atoms with Crippen LogP contribution in [0.25, 0.3) is 27.9 Å².